The van der Waals surface area contributed by atoms with E-state index in [4.69, 9.17) is 10.8 Å². The van der Waals surface area contributed by atoms with Crippen molar-refractivity contribution in [1.29, 1.82) is 0 Å². The Balaban J connectivity index is 2.61. The summed E-state index contributed by atoms with van der Waals surface area (Å²) >= 11 is 1.84. The normalized spacial score (nSPS) is 25.5. The van der Waals surface area contributed by atoms with Crippen molar-refractivity contribution in [2.24, 2.45) is 5.73 Å². The number of aliphatic hydroxyl groups is 1. The smallest absolute Gasteiger partial charge is 0.239 e. The van der Waals surface area contributed by atoms with Gasteiger partial charge in [0.2, 0.25) is 5.91 Å². The summed E-state index contributed by atoms with van der Waals surface area (Å²) in [5, 5.41) is 11.7. The molecule has 1 rings (SSSR count). The first-order chi connectivity index (χ1) is 6.70. The van der Waals surface area contributed by atoms with E-state index in [0.717, 1.165) is 0 Å². The van der Waals surface area contributed by atoms with E-state index in [0.29, 0.717) is 0 Å². The van der Waals surface area contributed by atoms with Gasteiger partial charge >= 0.3 is 0 Å². The Morgan fingerprint density at radius 1 is 1.47 bits per heavy atom. The minimum Gasteiger partial charge on any atom is -0.394 e. The Morgan fingerprint density at radius 2 is 1.93 bits per heavy atom. The van der Waals surface area contributed by atoms with E-state index in [1.807, 2.05) is 11.8 Å². The number of nitrogens with two attached hydrogens (primary N) is 1. The number of rotatable bonds is 3. The Kier molecular flexibility index (Phi) is 3.38. The third-order valence-electron chi connectivity index (χ3n) is 2.74. The molecule has 0 aliphatic carbocycles. The number of thioether (sulfide) groups is 1. The third kappa shape index (κ3) is 2.46. The molecule has 88 valence electrons. The summed E-state index contributed by atoms with van der Waals surface area (Å²) in [6.45, 7) is 8.07. The summed E-state index contributed by atoms with van der Waals surface area (Å²) in [5.74, 6) is -0.274. The number of carbonyl (C=O) groups is 1. The van der Waals surface area contributed by atoms with Gasteiger partial charge in [0.1, 0.15) is 6.04 Å². The summed E-state index contributed by atoms with van der Waals surface area (Å²) in [6, 6.07) is -0.720. The van der Waals surface area contributed by atoms with Crippen LogP contribution in [0.2, 0.25) is 0 Å². The lowest BCUT2D eigenvalue weighted by atomic mass is 9.89. The maximum atomic E-state index is 11.5. The molecular weight excluding hydrogens is 212 g/mol. The second-order valence-electron chi connectivity index (χ2n) is 5.04. The lowest BCUT2D eigenvalue weighted by Crippen LogP contribution is -2.68. The number of carbonyl (C=O) groups excluding carboxylic acids is 1. The fourth-order valence-electron chi connectivity index (χ4n) is 2.25. The third-order valence-corrected chi connectivity index (χ3v) is 4.26. The van der Waals surface area contributed by atoms with Crippen molar-refractivity contribution in [1.82, 2.24) is 5.32 Å². The van der Waals surface area contributed by atoms with E-state index >= 15 is 0 Å². The van der Waals surface area contributed by atoms with E-state index in [-0.39, 0.29) is 28.0 Å². The van der Waals surface area contributed by atoms with Crippen molar-refractivity contribution < 1.29 is 9.90 Å². The van der Waals surface area contributed by atoms with Gasteiger partial charge in [-0.1, -0.05) is 0 Å². The molecule has 0 aromatic carbocycles. The molecule has 1 heterocycles. The second kappa shape index (κ2) is 3.96. The van der Waals surface area contributed by atoms with Crippen molar-refractivity contribution in [2.45, 2.75) is 49.3 Å². The Morgan fingerprint density at radius 3 is 2.27 bits per heavy atom. The van der Waals surface area contributed by atoms with Crippen LogP contribution < -0.4 is 11.1 Å². The maximum Gasteiger partial charge on any atom is 0.239 e. The molecule has 0 saturated carbocycles. The minimum absolute atomic E-state index is 0.0360. The van der Waals surface area contributed by atoms with Crippen LogP contribution in [0.5, 0.6) is 0 Å². The fourth-order valence-corrected chi connectivity index (χ4v) is 4.37. The lowest BCUT2D eigenvalue weighted by Gasteiger charge is -2.56. The quantitative estimate of drug-likeness (QED) is 0.645. The summed E-state index contributed by atoms with van der Waals surface area (Å²) in [4.78, 5) is 11.5. The number of hydrogen-bond donors (Lipinski definition) is 3. The van der Waals surface area contributed by atoms with E-state index in [9.17, 15) is 4.79 Å². The van der Waals surface area contributed by atoms with Crippen LogP contribution in [0.25, 0.3) is 0 Å². The zero-order valence-corrected chi connectivity index (χ0v) is 10.5. The summed E-state index contributed by atoms with van der Waals surface area (Å²) in [6.07, 6.45) is 0. The lowest BCUT2D eigenvalue weighted by molar-refractivity contribution is -0.124. The molecule has 0 bridgehead atoms. The molecule has 0 aromatic rings. The van der Waals surface area contributed by atoms with Gasteiger partial charge in [0.05, 0.1) is 12.6 Å². The van der Waals surface area contributed by atoms with Gasteiger partial charge in [-0.25, -0.2) is 0 Å². The molecule has 1 atom stereocenters. The van der Waals surface area contributed by atoms with Gasteiger partial charge in [0.15, 0.2) is 0 Å². The summed E-state index contributed by atoms with van der Waals surface area (Å²) in [5.41, 5.74) is 5.45. The average molecular weight is 232 g/mol. The van der Waals surface area contributed by atoms with Crippen molar-refractivity contribution in [3.8, 4) is 0 Å². The molecule has 1 aliphatic rings. The molecule has 0 aromatic heterocycles. The van der Waals surface area contributed by atoms with E-state index < -0.39 is 6.04 Å². The van der Waals surface area contributed by atoms with Crippen LogP contribution in [0.3, 0.4) is 0 Å². The second-order valence-corrected chi connectivity index (χ2v) is 7.35. The Bertz CT molecular complexity index is 252. The standard InChI is InChI=1S/C10H20N2O2S/c1-9(2)8(10(3,4)15-9)12-7(14)6(11)5-13/h6,8,13H,5,11H2,1-4H3,(H,12,14)/t6-/m1/s1. The summed E-state index contributed by atoms with van der Waals surface area (Å²) in [7, 11) is 0. The highest BCUT2D eigenvalue weighted by Gasteiger charge is 2.54. The highest BCUT2D eigenvalue weighted by molar-refractivity contribution is 8.03. The molecule has 0 spiro atoms. The molecule has 15 heavy (non-hydrogen) atoms. The van der Waals surface area contributed by atoms with Gasteiger partial charge in [0, 0.05) is 9.49 Å². The van der Waals surface area contributed by atoms with E-state index in [1.54, 1.807) is 0 Å². The minimum atomic E-state index is -0.817. The van der Waals surface area contributed by atoms with Crippen LogP contribution in [0.1, 0.15) is 27.7 Å². The Labute approximate surface area is 95.0 Å². The largest absolute Gasteiger partial charge is 0.394 e. The fraction of sp³-hybridized carbons (Fsp3) is 0.900. The molecule has 5 heteroatoms. The first-order valence-electron chi connectivity index (χ1n) is 5.07. The predicted octanol–water partition coefficient (Wildman–Crippen LogP) is 0.0948. The summed E-state index contributed by atoms with van der Waals surface area (Å²) < 4.78 is 0.0721. The molecule has 1 amide bonds. The zero-order valence-electron chi connectivity index (χ0n) is 9.70. The van der Waals surface area contributed by atoms with Crippen molar-refractivity contribution in [3.05, 3.63) is 0 Å². The monoisotopic (exact) mass is 232 g/mol. The average Bonchev–Trinajstić information content (AvgIpc) is 2.10. The highest BCUT2D eigenvalue weighted by Crippen LogP contribution is 2.54. The molecule has 0 radical (unpaired) electrons. The molecule has 1 aliphatic heterocycles. The van der Waals surface area contributed by atoms with Crippen LogP contribution in [-0.2, 0) is 4.79 Å². The predicted molar refractivity (Wildman–Crippen MR) is 62.7 cm³/mol. The number of aliphatic hydroxyl groups excluding tert-OH is 1. The van der Waals surface area contributed by atoms with Gasteiger partial charge in [-0.2, -0.15) is 0 Å². The van der Waals surface area contributed by atoms with Crippen molar-refractivity contribution in [3.63, 3.8) is 0 Å². The Hall–Kier alpha value is -0.260. The topological polar surface area (TPSA) is 75.4 Å². The van der Waals surface area contributed by atoms with Gasteiger partial charge in [-0.05, 0) is 27.7 Å². The molecular formula is C10H20N2O2S. The molecule has 4 N–H and O–H groups in total. The highest BCUT2D eigenvalue weighted by atomic mass is 32.2. The molecule has 1 saturated heterocycles. The van der Waals surface area contributed by atoms with Crippen LogP contribution in [0, 0.1) is 0 Å². The van der Waals surface area contributed by atoms with Crippen molar-refractivity contribution >= 4 is 17.7 Å². The number of hydrogen-bond acceptors (Lipinski definition) is 4. The van der Waals surface area contributed by atoms with Crippen LogP contribution in [0.4, 0.5) is 0 Å². The molecule has 4 nitrogen and oxygen atoms in total. The SMILES string of the molecule is CC1(C)SC(C)(C)C1NC(=O)[C@H](N)CO. The zero-order chi connectivity index (χ0) is 11.9. The first-order valence-corrected chi connectivity index (χ1v) is 5.89. The van der Waals surface area contributed by atoms with Gasteiger partial charge < -0.3 is 16.2 Å². The van der Waals surface area contributed by atoms with Crippen LogP contribution in [-0.4, -0.2) is 39.2 Å². The van der Waals surface area contributed by atoms with Crippen molar-refractivity contribution in [2.75, 3.05) is 6.61 Å². The van der Waals surface area contributed by atoms with Gasteiger partial charge in [0.25, 0.3) is 0 Å². The van der Waals surface area contributed by atoms with Crippen LogP contribution in [0.15, 0.2) is 0 Å². The number of nitrogens with one attached hydrogen (secondary N) is 1. The molecule has 1 fully saturated rings. The molecule has 0 unspecified atom stereocenters. The van der Waals surface area contributed by atoms with E-state index in [2.05, 4.69) is 33.0 Å². The van der Waals surface area contributed by atoms with Gasteiger partial charge in [-0.15, -0.1) is 11.8 Å². The van der Waals surface area contributed by atoms with Gasteiger partial charge in [-0.3, -0.25) is 4.79 Å². The maximum absolute atomic E-state index is 11.5. The first kappa shape index (κ1) is 12.8. The van der Waals surface area contributed by atoms with Crippen LogP contribution >= 0.6 is 11.8 Å². The number of amides is 1. The van der Waals surface area contributed by atoms with E-state index in [1.165, 1.54) is 0 Å².